The van der Waals surface area contributed by atoms with Gasteiger partial charge in [0.25, 0.3) is 11.7 Å². The van der Waals surface area contributed by atoms with E-state index in [9.17, 15) is 14.7 Å². The third kappa shape index (κ3) is 4.83. The molecule has 1 aromatic heterocycles. The average Bonchev–Trinajstić information content (AvgIpc) is 3.08. The molecule has 2 aromatic carbocycles. The second-order valence-corrected chi connectivity index (χ2v) is 9.49. The van der Waals surface area contributed by atoms with Gasteiger partial charge in [-0.2, -0.15) is 0 Å². The highest BCUT2D eigenvalue weighted by atomic mass is 16.5. The first kappa shape index (κ1) is 24.2. The van der Waals surface area contributed by atoms with Crippen molar-refractivity contribution in [2.45, 2.75) is 40.7 Å². The van der Waals surface area contributed by atoms with E-state index in [1.807, 2.05) is 39.0 Å². The van der Waals surface area contributed by atoms with Crippen LogP contribution in [0.15, 0.2) is 66.5 Å². The Morgan fingerprint density at radius 3 is 2.37 bits per heavy atom. The number of carbonyl (C=O) groups is 2. The molecule has 6 nitrogen and oxygen atoms in total. The van der Waals surface area contributed by atoms with Gasteiger partial charge in [-0.25, -0.2) is 0 Å². The quantitative estimate of drug-likeness (QED) is 0.285. The van der Waals surface area contributed by atoms with Crippen LogP contribution in [-0.4, -0.2) is 28.4 Å². The van der Waals surface area contributed by atoms with Crippen LogP contribution < -0.4 is 9.64 Å². The highest BCUT2D eigenvalue weighted by Crippen LogP contribution is 2.42. The van der Waals surface area contributed by atoms with Gasteiger partial charge in [-0.05, 0) is 85.3 Å². The fourth-order valence-corrected chi connectivity index (χ4v) is 4.41. The van der Waals surface area contributed by atoms with E-state index in [0.717, 1.165) is 22.4 Å². The lowest BCUT2D eigenvalue weighted by atomic mass is 9.95. The van der Waals surface area contributed by atoms with Crippen molar-refractivity contribution in [2.24, 2.45) is 5.92 Å². The largest absolute Gasteiger partial charge is 0.507 e. The maximum atomic E-state index is 13.3. The number of aliphatic hydroxyl groups excluding tert-OH is 1. The Hall–Kier alpha value is -3.93. The number of rotatable bonds is 6. The van der Waals surface area contributed by atoms with Crippen molar-refractivity contribution in [3.8, 4) is 5.75 Å². The van der Waals surface area contributed by atoms with Crippen LogP contribution in [0.1, 0.15) is 47.7 Å². The molecule has 1 aliphatic rings. The molecule has 1 aliphatic heterocycles. The molecule has 6 heteroatoms. The molecule has 1 atom stereocenters. The van der Waals surface area contributed by atoms with Crippen molar-refractivity contribution >= 4 is 23.1 Å². The number of carbonyl (C=O) groups excluding carboxylic acids is 2. The van der Waals surface area contributed by atoms with E-state index in [1.165, 1.54) is 4.90 Å². The Labute approximate surface area is 205 Å². The fourth-order valence-electron chi connectivity index (χ4n) is 4.41. The van der Waals surface area contributed by atoms with Gasteiger partial charge in [0.05, 0.1) is 18.2 Å². The van der Waals surface area contributed by atoms with E-state index in [-0.39, 0.29) is 11.3 Å². The summed E-state index contributed by atoms with van der Waals surface area (Å²) in [7, 11) is 0. The minimum absolute atomic E-state index is 0.0393. The van der Waals surface area contributed by atoms with Gasteiger partial charge < -0.3 is 9.84 Å². The molecule has 0 spiro atoms. The van der Waals surface area contributed by atoms with Gasteiger partial charge in [-0.3, -0.25) is 19.5 Å². The highest BCUT2D eigenvalue weighted by Gasteiger charge is 2.47. The Morgan fingerprint density at radius 1 is 1.06 bits per heavy atom. The maximum Gasteiger partial charge on any atom is 0.300 e. The van der Waals surface area contributed by atoms with E-state index in [0.29, 0.717) is 29.3 Å². The predicted molar refractivity (Wildman–Crippen MR) is 136 cm³/mol. The van der Waals surface area contributed by atoms with Crippen LogP contribution in [0.5, 0.6) is 5.75 Å². The number of aromatic nitrogens is 1. The number of aryl methyl sites for hydroxylation is 3. The molecule has 1 N–H and O–H groups in total. The normalized spacial score (nSPS) is 17.3. The van der Waals surface area contributed by atoms with Crippen LogP contribution in [0.3, 0.4) is 0 Å². The number of hydrogen-bond donors (Lipinski definition) is 1. The second-order valence-electron chi connectivity index (χ2n) is 9.49. The number of Topliss-reactive ketones (excluding diaryl/α,β-unsaturated/α-hetero) is 1. The Bertz CT molecular complexity index is 1290. The van der Waals surface area contributed by atoms with Gasteiger partial charge in [0.2, 0.25) is 0 Å². The lowest BCUT2D eigenvalue weighted by Gasteiger charge is -2.26. The van der Waals surface area contributed by atoms with Gasteiger partial charge in [0, 0.05) is 23.6 Å². The molecule has 3 aromatic rings. The Morgan fingerprint density at radius 2 is 1.77 bits per heavy atom. The molecule has 1 fully saturated rings. The van der Waals surface area contributed by atoms with Crippen molar-refractivity contribution < 1.29 is 19.4 Å². The van der Waals surface area contributed by atoms with Crippen LogP contribution in [0.4, 0.5) is 5.69 Å². The molecule has 1 unspecified atom stereocenters. The zero-order valence-electron chi connectivity index (χ0n) is 20.7. The minimum Gasteiger partial charge on any atom is -0.507 e. The number of amides is 1. The van der Waals surface area contributed by atoms with Gasteiger partial charge in [0.15, 0.2) is 0 Å². The smallest absolute Gasteiger partial charge is 0.300 e. The number of hydrogen-bond acceptors (Lipinski definition) is 5. The summed E-state index contributed by atoms with van der Waals surface area (Å²) < 4.78 is 5.85. The third-order valence-electron chi connectivity index (χ3n) is 5.95. The van der Waals surface area contributed by atoms with Crippen molar-refractivity contribution in [3.63, 3.8) is 0 Å². The first-order chi connectivity index (χ1) is 16.7. The first-order valence-electron chi connectivity index (χ1n) is 11.7. The van der Waals surface area contributed by atoms with Gasteiger partial charge in [-0.1, -0.05) is 26.0 Å². The molecule has 1 amide bonds. The molecular formula is C29H30N2O4. The number of aliphatic hydroxyl groups is 1. The van der Waals surface area contributed by atoms with Crippen molar-refractivity contribution in [1.82, 2.24) is 4.98 Å². The highest BCUT2D eigenvalue weighted by molar-refractivity contribution is 6.51. The number of pyridine rings is 1. The zero-order valence-corrected chi connectivity index (χ0v) is 20.7. The number of anilines is 1. The summed E-state index contributed by atoms with van der Waals surface area (Å²) in [5.74, 6) is -0.534. The van der Waals surface area contributed by atoms with E-state index in [2.05, 4.69) is 18.8 Å². The van der Waals surface area contributed by atoms with E-state index < -0.39 is 17.7 Å². The molecular weight excluding hydrogens is 440 g/mol. The van der Waals surface area contributed by atoms with Crippen molar-refractivity contribution in [2.75, 3.05) is 11.5 Å². The summed E-state index contributed by atoms with van der Waals surface area (Å²) >= 11 is 0. The summed E-state index contributed by atoms with van der Waals surface area (Å²) in [4.78, 5) is 32.3. The standard InChI is InChI=1S/C29H30N2O4/c1-17(2)16-35-24-9-8-21(14-20(24)5)27(32)25-26(22-7-6-10-30-15-22)31(29(34)28(25)33)23-12-18(3)11-19(4)13-23/h6-15,17,26,32H,16H2,1-5H3/b27-25-. The number of ketones is 1. The molecule has 4 rings (SSSR count). The second kappa shape index (κ2) is 9.74. The lowest BCUT2D eigenvalue weighted by molar-refractivity contribution is -0.132. The number of ether oxygens (including phenoxy) is 1. The molecule has 0 aliphatic carbocycles. The zero-order chi connectivity index (χ0) is 25.3. The van der Waals surface area contributed by atoms with E-state index >= 15 is 0 Å². The molecule has 2 heterocycles. The molecule has 0 radical (unpaired) electrons. The minimum atomic E-state index is -0.804. The Kier molecular flexibility index (Phi) is 6.74. The van der Waals surface area contributed by atoms with Crippen molar-refractivity contribution in [1.29, 1.82) is 0 Å². The topological polar surface area (TPSA) is 79.7 Å². The first-order valence-corrected chi connectivity index (χ1v) is 11.7. The number of nitrogens with zero attached hydrogens (tertiary/aromatic N) is 2. The van der Waals surface area contributed by atoms with Crippen LogP contribution in [0.25, 0.3) is 5.76 Å². The summed E-state index contributed by atoms with van der Waals surface area (Å²) in [6, 6.07) is 13.8. The summed E-state index contributed by atoms with van der Waals surface area (Å²) in [6.45, 7) is 10.5. The predicted octanol–water partition coefficient (Wildman–Crippen LogP) is 5.67. The molecule has 0 bridgehead atoms. The monoisotopic (exact) mass is 470 g/mol. The SMILES string of the molecule is Cc1cc(C)cc(N2C(=O)C(=O)/C(=C(\O)c3ccc(OCC(C)C)c(C)c3)C2c2cccnc2)c1. The third-order valence-corrected chi connectivity index (χ3v) is 5.95. The molecule has 35 heavy (non-hydrogen) atoms. The Balaban J connectivity index is 1.85. The molecule has 1 saturated heterocycles. The van der Waals surface area contributed by atoms with Crippen LogP contribution in [-0.2, 0) is 9.59 Å². The fraction of sp³-hybridized carbons (Fsp3) is 0.276. The van der Waals surface area contributed by atoms with Crippen molar-refractivity contribution in [3.05, 3.63) is 94.3 Å². The van der Waals surface area contributed by atoms with Gasteiger partial charge in [0.1, 0.15) is 11.5 Å². The van der Waals surface area contributed by atoms with Crippen LogP contribution in [0, 0.1) is 26.7 Å². The number of benzene rings is 2. The average molecular weight is 471 g/mol. The van der Waals surface area contributed by atoms with E-state index in [4.69, 9.17) is 4.74 Å². The van der Waals surface area contributed by atoms with E-state index in [1.54, 1.807) is 42.7 Å². The maximum absolute atomic E-state index is 13.3. The summed E-state index contributed by atoms with van der Waals surface area (Å²) in [6.07, 6.45) is 3.25. The molecule has 180 valence electrons. The lowest BCUT2D eigenvalue weighted by Crippen LogP contribution is -2.29. The van der Waals surface area contributed by atoms with Crippen LogP contribution in [0.2, 0.25) is 0 Å². The van der Waals surface area contributed by atoms with Gasteiger partial charge in [-0.15, -0.1) is 0 Å². The van der Waals surface area contributed by atoms with Crippen LogP contribution >= 0.6 is 0 Å². The van der Waals surface area contributed by atoms with Gasteiger partial charge >= 0.3 is 0 Å². The molecule has 0 saturated carbocycles. The summed E-state index contributed by atoms with van der Waals surface area (Å²) in [5.41, 5.74) is 4.51. The summed E-state index contributed by atoms with van der Waals surface area (Å²) in [5, 5.41) is 11.4.